The Morgan fingerprint density at radius 2 is 1.93 bits per heavy atom. The van der Waals surface area contributed by atoms with Crippen LogP contribution in [0.2, 0.25) is 0 Å². The van der Waals surface area contributed by atoms with Crippen LogP contribution in [0.4, 0.5) is 0 Å². The van der Waals surface area contributed by atoms with Crippen molar-refractivity contribution < 1.29 is 9.59 Å². The van der Waals surface area contributed by atoms with Crippen molar-refractivity contribution >= 4 is 11.8 Å². The van der Waals surface area contributed by atoms with E-state index in [0.717, 1.165) is 51.5 Å². The number of primary amides is 1. The van der Waals surface area contributed by atoms with Gasteiger partial charge in [-0.3, -0.25) is 19.4 Å². The van der Waals surface area contributed by atoms with Gasteiger partial charge >= 0.3 is 0 Å². The van der Waals surface area contributed by atoms with Crippen LogP contribution in [0.15, 0.2) is 12.4 Å². The smallest absolute Gasteiger partial charge is 0.239 e. The van der Waals surface area contributed by atoms with Crippen molar-refractivity contribution in [3.63, 3.8) is 0 Å². The highest BCUT2D eigenvalue weighted by Gasteiger charge is 2.31. The Hall–Kier alpha value is -1.93. The first-order valence-corrected chi connectivity index (χ1v) is 10.5. The Kier molecular flexibility index (Phi) is 7.07. The Morgan fingerprint density at radius 1 is 1.18 bits per heavy atom. The molecule has 2 saturated heterocycles. The predicted molar refractivity (Wildman–Crippen MR) is 107 cm³/mol. The van der Waals surface area contributed by atoms with E-state index < -0.39 is 0 Å². The minimum atomic E-state index is -0.239. The van der Waals surface area contributed by atoms with Gasteiger partial charge in [-0.05, 0) is 39.7 Å². The van der Waals surface area contributed by atoms with Crippen LogP contribution in [0.3, 0.4) is 0 Å². The van der Waals surface area contributed by atoms with Gasteiger partial charge in [0.15, 0.2) is 0 Å². The number of carbonyl (C=O) groups is 2. The van der Waals surface area contributed by atoms with Crippen molar-refractivity contribution in [3.05, 3.63) is 18.2 Å². The lowest BCUT2D eigenvalue weighted by Crippen LogP contribution is -2.51. The molecule has 1 atom stereocenters. The molecule has 2 aliphatic heterocycles. The van der Waals surface area contributed by atoms with Crippen molar-refractivity contribution in [2.24, 2.45) is 11.7 Å². The van der Waals surface area contributed by atoms with Gasteiger partial charge < -0.3 is 15.2 Å². The van der Waals surface area contributed by atoms with Gasteiger partial charge in [0.1, 0.15) is 5.82 Å². The molecule has 0 aliphatic carbocycles. The van der Waals surface area contributed by atoms with Crippen LogP contribution < -0.4 is 5.73 Å². The van der Waals surface area contributed by atoms with Crippen molar-refractivity contribution in [2.45, 2.75) is 52.2 Å². The summed E-state index contributed by atoms with van der Waals surface area (Å²) < 4.78 is 2.19. The molecule has 28 heavy (non-hydrogen) atoms. The third-order valence-corrected chi connectivity index (χ3v) is 6.24. The number of carbonyl (C=O) groups excluding carboxylic acids is 2. The molecule has 1 unspecified atom stereocenters. The van der Waals surface area contributed by atoms with Crippen molar-refractivity contribution in [1.82, 2.24) is 24.3 Å². The number of aryl methyl sites for hydroxylation is 1. The molecule has 2 fully saturated rings. The average Bonchev–Trinajstić information content (AvgIpc) is 3.02. The van der Waals surface area contributed by atoms with E-state index in [2.05, 4.69) is 26.3 Å². The van der Waals surface area contributed by atoms with Crippen LogP contribution in [-0.2, 0) is 22.7 Å². The number of amides is 2. The Balaban J connectivity index is 1.50. The highest BCUT2D eigenvalue weighted by Crippen LogP contribution is 2.19. The quantitative estimate of drug-likeness (QED) is 0.765. The highest BCUT2D eigenvalue weighted by atomic mass is 16.2. The minimum Gasteiger partial charge on any atom is -0.369 e. The minimum absolute atomic E-state index is 0.0817. The molecule has 2 N–H and O–H groups in total. The summed E-state index contributed by atoms with van der Waals surface area (Å²) in [4.78, 5) is 35.4. The number of rotatable bonds is 6. The molecule has 3 rings (SSSR count). The Bertz CT molecular complexity index is 667. The van der Waals surface area contributed by atoms with Crippen molar-refractivity contribution in [3.8, 4) is 0 Å². The van der Waals surface area contributed by atoms with E-state index in [4.69, 9.17) is 5.73 Å². The summed E-state index contributed by atoms with van der Waals surface area (Å²) in [5, 5.41) is 0. The van der Waals surface area contributed by atoms with Crippen LogP contribution in [0.5, 0.6) is 0 Å². The third-order valence-electron chi connectivity index (χ3n) is 6.24. The number of nitrogens with zero attached hydrogens (tertiary/aromatic N) is 5. The zero-order valence-corrected chi connectivity index (χ0v) is 17.2. The van der Waals surface area contributed by atoms with Gasteiger partial charge in [0.05, 0.1) is 12.6 Å². The number of hydrogen-bond donors (Lipinski definition) is 1. The highest BCUT2D eigenvalue weighted by molar-refractivity contribution is 5.82. The lowest BCUT2D eigenvalue weighted by atomic mass is 9.96. The molecule has 0 saturated carbocycles. The lowest BCUT2D eigenvalue weighted by Gasteiger charge is -2.35. The number of nitrogens with two attached hydrogens (primary N) is 1. The van der Waals surface area contributed by atoms with E-state index in [1.54, 1.807) is 0 Å². The molecule has 8 nitrogen and oxygen atoms in total. The number of piperidine rings is 1. The van der Waals surface area contributed by atoms with E-state index in [1.807, 2.05) is 24.2 Å². The van der Waals surface area contributed by atoms with Crippen LogP contribution in [0.25, 0.3) is 0 Å². The SMILES string of the molecule is CCn1ccnc1CN1CCCN(C(C)C(=O)N2CCC(C(N)=O)CC2)CC1. The predicted octanol–water partition coefficient (Wildman–Crippen LogP) is 0.523. The summed E-state index contributed by atoms with van der Waals surface area (Å²) in [6, 6.07) is -0.122. The standard InChI is InChI=1S/C20H34N6O2/c1-3-24-12-7-22-18(24)15-23-8-4-9-25(14-13-23)16(2)20(28)26-10-5-17(6-11-26)19(21)27/h7,12,16-17H,3-6,8-11,13-15H2,1-2H3,(H2,21,27). The maximum atomic E-state index is 12.9. The molecule has 1 aromatic heterocycles. The number of hydrogen-bond acceptors (Lipinski definition) is 5. The molecule has 3 heterocycles. The largest absolute Gasteiger partial charge is 0.369 e. The van der Waals surface area contributed by atoms with Gasteiger partial charge in [0, 0.05) is 57.6 Å². The number of aromatic nitrogens is 2. The summed E-state index contributed by atoms with van der Waals surface area (Å²) in [5.41, 5.74) is 5.40. The van der Waals surface area contributed by atoms with E-state index in [0.29, 0.717) is 25.9 Å². The van der Waals surface area contributed by atoms with E-state index >= 15 is 0 Å². The van der Waals surface area contributed by atoms with E-state index in [-0.39, 0.29) is 23.8 Å². The first-order chi connectivity index (χ1) is 13.5. The fraction of sp³-hybridized carbons (Fsp3) is 0.750. The molecular formula is C20H34N6O2. The second kappa shape index (κ2) is 9.52. The summed E-state index contributed by atoms with van der Waals surface area (Å²) in [6.45, 7) is 11.0. The maximum Gasteiger partial charge on any atom is 0.239 e. The van der Waals surface area contributed by atoms with Crippen LogP contribution in [0, 0.1) is 5.92 Å². The van der Waals surface area contributed by atoms with Gasteiger partial charge in [0.25, 0.3) is 0 Å². The summed E-state index contributed by atoms with van der Waals surface area (Å²) in [6.07, 6.45) is 6.32. The first kappa shape index (κ1) is 20.8. The third kappa shape index (κ3) is 4.91. The molecule has 0 radical (unpaired) electrons. The van der Waals surface area contributed by atoms with Gasteiger partial charge in [-0.15, -0.1) is 0 Å². The monoisotopic (exact) mass is 390 g/mol. The summed E-state index contributed by atoms with van der Waals surface area (Å²) in [5.74, 6) is 0.966. The Labute approximate surface area is 167 Å². The second-order valence-electron chi connectivity index (χ2n) is 7.97. The van der Waals surface area contributed by atoms with Crippen molar-refractivity contribution in [1.29, 1.82) is 0 Å². The van der Waals surface area contributed by atoms with Crippen molar-refractivity contribution in [2.75, 3.05) is 39.3 Å². The fourth-order valence-electron chi connectivity index (χ4n) is 4.32. The van der Waals surface area contributed by atoms with E-state index in [9.17, 15) is 9.59 Å². The topological polar surface area (TPSA) is 87.7 Å². The number of imidazole rings is 1. The molecule has 0 bridgehead atoms. The molecule has 2 amide bonds. The Morgan fingerprint density at radius 3 is 2.61 bits per heavy atom. The second-order valence-corrected chi connectivity index (χ2v) is 7.97. The van der Waals surface area contributed by atoms with E-state index in [1.165, 1.54) is 0 Å². The molecule has 8 heteroatoms. The maximum absolute atomic E-state index is 12.9. The van der Waals surface area contributed by atoms with Gasteiger partial charge in [0.2, 0.25) is 11.8 Å². The zero-order valence-electron chi connectivity index (χ0n) is 17.2. The zero-order chi connectivity index (χ0) is 20.1. The molecule has 0 aromatic carbocycles. The molecular weight excluding hydrogens is 356 g/mol. The van der Waals surface area contributed by atoms with Gasteiger partial charge in [-0.2, -0.15) is 0 Å². The van der Waals surface area contributed by atoms with Crippen LogP contribution in [0.1, 0.15) is 38.9 Å². The molecule has 2 aliphatic rings. The summed E-state index contributed by atoms with van der Waals surface area (Å²) >= 11 is 0. The normalized spacial score (nSPS) is 21.4. The number of likely N-dealkylation sites (tertiary alicyclic amines) is 1. The molecule has 1 aromatic rings. The molecule has 0 spiro atoms. The van der Waals surface area contributed by atoms with Crippen LogP contribution in [-0.4, -0.2) is 81.4 Å². The molecule has 156 valence electrons. The fourth-order valence-corrected chi connectivity index (χ4v) is 4.32. The van der Waals surface area contributed by atoms with Gasteiger partial charge in [-0.25, -0.2) is 4.98 Å². The lowest BCUT2D eigenvalue weighted by molar-refractivity contribution is -0.139. The average molecular weight is 391 g/mol. The van der Waals surface area contributed by atoms with Gasteiger partial charge in [-0.1, -0.05) is 0 Å². The van der Waals surface area contributed by atoms with Crippen LogP contribution >= 0.6 is 0 Å². The summed E-state index contributed by atoms with van der Waals surface area (Å²) in [7, 11) is 0. The first-order valence-electron chi connectivity index (χ1n) is 10.5.